The van der Waals surface area contributed by atoms with Gasteiger partial charge in [0.2, 0.25) is 5.91 Å². The Hall–Kier alpha value is -0.650. The molecule has 0 spiro atoms. The Balaban J connectivity index is 2.36. The largest absolute Gasteiger partial charge is 0.392 e. The molecule has 0 bridgehead atoms. The van der Waals surface area contributed by atoms with Gasteiger partial charge in [-0.2, -0.15) is 0 Å². The zero-order chi connectivity index (χ0) is 12.1. The second kappa shape index (κ2) is 6.18. The summed E-state index contributed by atoms with van der Waals surface area (Å²) < 4.78 is 4.82. The summed E-state index contributed by atoms with van der Waals surface area (Å²) in [7, 11) is 1.53. The summed E-state index contributed by atoms with van der Waals surface area (Å²) in [6, 6.07) is 0.152. The Labute approximate surface area is 97.0 Å². The maximum Gasteiger partial charge on any atom is 0.248 e. The maximum absolute atomic E-state index is 11.5. The van der Waals surface area contributed by atoms with E-state index in [4.69, 9.17) is 4.74 Å². The molecule has 0 aromatic carbocycles. The van der Waals surface area contributed by atoms with Gasteiger partial charge in [-0.3, -0.25) is 9.69 Å². The van der Waals surface area contributed by atoms with Crippen LogP contribution in [-0.4, -0.2) is 72.9 Å². The molecule has 5 heteroatoms. The highest BCUT2D eigenvalue weighted by Crippen LogP contribution is 2.09. The molecule has 1 rings (SSSR count). The number of carbonyl (C=O) groups is 1. The van der Waals surface area contributed by atoms with Crippen LogP contribution in [0.15, 0.2) is 0 Å². The van der Waals surface area contributed by atoms with Gasteiger partial charge in [-0.05, 0) is 13.8 Å². The molecular weight excluding hydrogens is 208 g/mol. The Bertz CT molecular complexity index is 225. The van der Waals surface area contributed by atoms with Gasteiger partial charge in [0.15, 0.2) is 0 Å². The molecule has 0 aromatic rings. The number of rotatable bonds is 4. The molecule has 1 aliphatic rings. The van der Waals surface area contributed by atoms with Gasteiger partial charge in [0.1, 0.15) is 6.61 Å². The highest BCUT2D eigenvalue weighted by molar-refractivity contribution is 5.77. The molecule has 0 unspecified atom stereocenters. The molecule has 2 atom stereocenters. The zero-order valence-electron chi connectivity index (χ0n) is 10.3. The van der Waals surface area contributed by atoms with Gasteiger partial charge >= 0.3 is 0 Å². The van der Waals surface area contributed by atoms with Crippen LogP contribution in [-0.2, 0) is 9.53 Å². The summed E-state index contributed by atoms with van der Waals surface area (Å²) in [5, 5.41) is 9.49. The number of nitrogens with zero attached hydrogens (tertiary/aromatic N) is 2. The van der Waals surface area contributed by atoms with Crippen LogP contribution in [0, 0.1) is 0 Å². The lowest BCUT2D eigenvalue weighted by molar-refractivity contribution is -0.137. The first kappa shape index (κ1) is 13.4. The minimum Gasteiger partial charge on any atom is -0.392 e. The van der Waals surface area contributed by atoms with Crippen LogP contribution in [0.1, 0.15) is 13.8 Å². The number of amides is 1. The van der Waals surface area contributed by atoms with Crippen molar-refractivity contribution in [1.82, 2.24) is 9.80 Å². The minimum atomic E-state index is -0.332. The average Bonchev–Trinajstić information content (AvgIpc) is 2.28. The number of piperazine rings is 1. The second-order valence-electron chi connectivity index (χ2n) is 4.33. The predicted molar refractivity (Wildman–Crippen MR) is 61.2 cm³/mol. The lowest BCUT2D eigenvalue weighted by Gasteiger charge is -2.38. The van der Waals surface area contributed by atoms with Crippen molar-refractivity contribution in [2.45, 2.75) is 26.0 Å². The third-order valence-corrected chi connectivity index (χ3v) is 3.21. The van der Waals surface area contributed by atoms with E-state index in [1.807, 2.05) is 11.8 Å². The Morgan fingerprint density at radius 2 is 1.88 bits per heavy atom. The van der Waals surface area contributed by atoms with Gasteiger partial charge in [-0.15, -0.1) is 0 Å². The summed E-state index contributed by atoms with van der Waals surface area (Å²) in [5.41, 5.74) is 0. The Kier molecular flexibility index (Phi) is 5.18. The summed E-state index contributed by atoms with van der Waals surface area (Å²) in [6.07, 6.45) is -0.332. The average molecular weight is 230 g/mol. The van der Waals surface area contributed by atoms with Crippen molar-refractivity contribution in [3.05, 3.63) is 0 Å². The molecule has 94 valence electrons. The van der Waals surface area contributed by atoms with Crippen molar-refractivity contribution >= 4 is 5.91 Å². The number of aliphatic hydroxyl groups is 1. The van der Waals surface area contributed by atoms with E-state index < -0.39 is 0 Å². The minimum absolute atomic E-state index is 0.0480. The van der Waals surface area contributed by atoms with Crippen molar-refractivity contribution in [2.24, 2.45) is 0 Å². The lowest BCUT2D eigenvalue weighted by Crippen LogP contribution is -2.54. The maximum atomic E-state index is 11.5. The van der Waals surface area contributed by atoms with E-state index in [-0.39, 0.29) is 24.7 Å². The highest BCUT2D eigenvalue weighted by Gasteiger charge is 2.25. The van der Waals surface area contributed by atoms with Crippen molar-refractivity contribution in [2.75, 3.05) is 39.9 Å². The molecule has 5 nitrogen and oxygen atoms in total. The molecule has 1 fully saturated rings. The third kappa shape index (κ3) is 3.43. The van der Waals surface area contributed by atoms with Gasteiger partial charge in [0.05, 0.1) is 6.10 Å². The number of hydrogen-bond donors (Lipinski definition) is 1. The van der Waals surface area contributed by atoms with E-state index in [1.54, 1.807) is 6.92 Å². The van der Waals surface area contributed by atoms with Gasteiger partial charge in [0.25, 0.3) is 0 Å². The Morgan fingerprint density at radius 1 is 1.31 bits per heavy atom. The molecule has 1 N–H and O–H groups in total. The van der Waals surface area contributed by atoms with Crippen molar-refractivity contribution in [1.29, 1.82) is 0 Å². The molecule has 16 heavy (non-hydrogen) atoms. The first-order chi connectivity index (χ1) is 7.56. The lowest BCUT2D eigenvalue weighted by atomic mass is 10.1. The SMILES string of the molecule is COCC(=O)N1CCN([C@@H](C)[C@@H](C)O)CC1. The fraction of sp³-hybridized carbons (Fsp3) is 0.909. The molecule has 1 aliphatic heterocycles. The number of ether oxygens (including phenoxy) is 1. The van der Waals surface area contributed by atoms with Crippen LogP contribution in [0.2, 0.25) is 0 Å². The van der Waals surface area contributed by atoms with Gasteiger partial charge in [0, 0.05) is 39.3 Å². The number of carbonyl (C=O) groups excluding carboxylic acids is 1. The number of hydrogen-bond acceptors (Lipinski definition) is 4. The fourth-order valence-electron chi connectivity index (χ4n) is 1.90. The number of methoxy groups -OCH3 is 1. The second-order valence-corrected chi connectivity index (χ2v) is 4.33. The smallest absolute Gasteiger partial charge is 0.248 e. The monoisotopic (exact) mass is 230 g/mol. The van der Waals surface area contributed by atoms with Crippen LogP contribution in [0.4, 0.5) is 0 Å². The van der Waals surface area contributed by atoms with Crippen LogP contribution in [0.25, 0.3) is 0 Å². The van der Waals surface area contributed by atoms with Crippen molar-refractivity contribution < 1.29 is 14.6 Å². The summed E-state index contributed by atoms with van der Waals surface area (Å²) in [5.74, 6) is 0.0480. The third-order valence-electron chi connectivity index (χ3n) is 3.21. The van der Waals surface area contributed by atoms with Crippen LogP contribution < -0.4 is 0 Å². The van der Waals surface area contributed by atoms with Gasteiger partial charge < -0.3 is 14.7 Å². The molecule has 0 radical (unpaired) electrons. The predicted octanol–water partition coefficient (Wildman–Crippen LogP) is -0.454. The van der Waals surface area contributed by atoms with Crippen LogP contribution in [0.5, 0.6) is 0 Å². The first-order valence-corrected chi connectivity index (χ1v) is 5.75. The molecular formula is C11H22N2O3. The zero-order valence-corrected chi connectivity index (χ0v) is 10.3. The summed E-state index contributed by atoms with van der Waals surface area (Å²) in [6.45, 7) is 7.05. The van der Waals surface area contributed by atoms with Crippen LogP contribution >= 0.6 is 0 Å². The summed E-state index contributed by atoms with van der Waals surface area (Å²) in [4.78, 5) is 15.6. The van der Waals surface area contributed by atoms with E-state index in [1.165, 1.54) is 7.11 Å². The fourth-order valence-corrected chi connectivity index (χ4v) is 1.90. The first-order valence-electron chi connectivity index (χ1n) is 5.75. The van der Waals surface area contributed by atoms with E-state index in [9.17, 15) is 9.90 Å². The molecule has 0 aliphatic carbocycles. The standard InChI is InChI=1S/C11H22N2O3/c1-9(10(2)14)12-4-6-13(7-5-12)11(15)8-16-3/h9-10,14H,4-8H2,1-3H3/t9-,10+/m0/s1. The Morgan fingerprint density at radius 3 is 2.31 bits per heavy atom. The molecule has 1 saturated heterocycles. The molecule has 0 aromatic heterocycles. The quantitative estimate of drug-likeness (QED) is 0.710. The van der Waals surface area contributed by atoms with E-state index in [0.717, 1.165) is 26.2 Å². The normalized spacial score (nSPS) is 21.9. The molecule has 0 saturated carbocycles. The van der Waals surface area contributed by atoms with Crippen LogP contribution in [0.3, 0.4) is 0 Å². The van der Waals surface area contributed by atoms with Crippen molar-refractivity contribution in [3.8, 4) is 0 Å². The number of aliphatic hydroxyl groups excluding tert-OH is 1. The molecule has 1 amide bonds. The van der Waals surface area contributed by atoms with E-state index in [0.29, 0.717) is 0 Å². The van der Waals surface area contributed by atoms with Crippen molar-refractivity contribution in [3.63, 3.8) is 0 Å². The summed E-state index contributed by atoms with van der Waals surface area (Å²) >= 11 is 0. The topological polar surface area (TPSA) is 53.0 Å². The van der Waals surface area contributed by atoms with E-state index >= 15 is 0 Å². The van der Waals surface area contributed by atoms with E-state index in [2.05, 4.69) is 4.90 Å². The highest BCUT2D eigenvalue weighted by atomic mass is 16.5. The molecule has 1 heterocycles. The van der Waals surface area contributed by atoms with Gasteiger partial charge in [-0.25, -0.2) is 0 Å². The van der Waals surface area contributed by atoms with Gasteiger partial charge in [-0.1, -0.05) is 0 Å².